The maximum atomic E-state index is 5.85. The number of aryl methyl sites for hydroxylation is 1. The summed E-state index contributed by atoms with van der Waals surface area (Å²) in [7, 11) is 0. The minimum Gasteiger partial charge on any atom is -0.439 e. The van der Waals surface area contributed by atoms with Crippen molar-refractivity contribution in [1.29, 1.82) is 0 Å². The molecule has 1 aromatic heterocycles. The van der Waals surface area contributed by atoms with E-state index in [1.165, 1.54) is 5.56 Å². The van der Waals surface area contributed by atoms with E-state index in [1.807, 2.05) is 38.1 Å². The summed E-state index contributed by atoms with van der Waals surface area (Å²) in [6, 6.07) is 9.76. The second-order valence-electron chi connectivity index (χ2n) is 4.52. The Bertz CT molecular complexity index is 550. The lowest BCUT2D eigenvalue weighted by atomic mass is 10.1. The lowest BCUT2D eigenvalue weighted by Crippen LogP contribution is -2.05. The Morgan fingerprint density at radius 3 is 2.72 bits per heavy atom. The Hall–Kier alpha value is -1.87. The van der Waals surface area contributed by atoms with E-state index in [9.17, 15) is 0 Å². The molecule has 0 spiro atoms. The minimum absolute atomic E-state index is 0.0195. The molecule has 3 nitrogen and oxygen atoms in total. The molecular formula is C15H18N2O. The normalized spacial score (nSPS) is 12.2. The highest BCUT2D eigenvalue weighted by atomic mass is 16.5. The van der Waals surface area contributed by atoms with Crippen LogP contribution in [0.2, 0.25) is 0 Å². The molecule has 0 aliphatic heterocycles. The summed E-state index contributed by atoms with van der Waals surface area (Å²) >= 11 is 0. The van der Waals surface area contributed by atoms with Gasteiger partial charge in [0, 0.05) is 18.3 Å². The van der Waals surface area contributed by atoms with E-state index in [0.717, 1.165) is 16.9 Å². The summed E-state index contributed by atoms with van der Waals surface area (Å²) in [5.74, 6) is 1.42. The van der Waals surface area contributed by atoms with Gasteiger partial charge in [-0.2, -0.15) is 0 Å². The zero-order valence-corrected chi connectivity index (χ0v) is 11.0. The molecule has 1 aromatic carbocycles. The number of pyridine rings is 1. The first-order chi connectivity index (χ1) is 8.58. The van der Waals surface area contributed by atoms with Crippen molar-refractivity contribution in [1.82, 2.24) is 4.98 Å². The third-order valence-electron chi connectivity index (χ3n) is 3.05. The summed E-state index contributed by atoms with van der Waals surface area (Å²) in [5.41, 5.74) is 9.20. The molecule has 1 atom stereocenters. The molecule has 0 aliphatic carbocycles. The van der Waals surface area contributed by atoms with Gasteiger partial charge in [-0.15, -0.1) is 0 Å². The van der Waals surface area contributed by atoms with Crippen LogP contribution in [0, 0.1) is 13.8 Å². The van der Waals surface area contributed by atoms with Gasteiger partial charge in [0.05, 0.1) is 0 Å². The largest absolute Gasteiger partial charge is 0.439 e. The number of benzene rings is 1. The molecule has 2 rings (SSSR count). The average molecular weight is 242 g/mol. The van der Waals surface area contributed by atoms with Gasteiger partial charge in [-0.05, 0) is 49.6 Å². The van der Waals surface area contributed by atoms with Crippen molar-refractivity contribution in [2.24, 2.45) is 5.73 Å². The predicted molar refractivity (Wildman–Crippen MR) is 72.8 cm³/mol. The van der Waals surface area contributed by atoms with Crippen molar-refractivity contribution in [3.05, 3.63) is 53.2 Å². The molecule has 0 bridgehead atoms. The van der Waals surface area contributed by atoms with Gasteiger partial charge in [-0.25, -0.2) is 4.98 Å². The second kappa shape index (κ2) is 5.19. The SMILES string of the molecule is Cc1cccc(Oc2cc([C@H](C)N)ccn2)c1C. The maximum absolute atomic E-state index is 5.85. The minimum atomic E-state index is -0.0195. The van der Waals surface area contributed by atoms with Crippen LogP contribution in [0.5, 0.6) is 11.6 Å². The fraction of sp³-hybridized carbons (Fsp3) is 0.267. The second-order valence-corrected chi connectivity index (χ2v) is 4.52. The van der Waals surface area contributed by atoms with Gasteiger partial charge in [0.1, 0.15) is 5.75 Å². The molecule has 0 fully saturated rings. The average Bonchev–Trinajstić information content (AvgIpc) is 2.35. The van der Waals surface area contributed by atoms with E-state index in [0.29, 0.717) is 5.88 Å². The molecular weight excluding hydrogens is 224 g/mol. The molecule has 2 aromatic rings. The number of rotatable bonds is 3. The third-order valence-corrected chi connectivity index (χ3v) is 3.05. The number of ether oxygens (including phenoxy) is 1. The van der Waals surface area contributed by atoms with E-state index >= 15 is 0 Å². The molecule has 18 heavy (non-hydrogen) atoms. The number of hydrogen-bond acceptors (Lipinski definition) is 3. The zero-order valence-electron chi connectivity index (χ0n) is 11.0. The quantitative estimate of drug-likeness (QED) is 0.896. The lowest BCUT2D eigenvalue weighted by molar-refractivity contribution is 0.457. The summed E-state index contributed by atoms with van der Waals surface area (Å²) in [6.07, 6.45) is 1.72. The Morgan fingerprint density at radius 1 is 1.22 bits per heavy atom. The van der Waals surface area contributed by atoms with E-state index in [2.05, 4.69) is 18.0 Å². The highest BCUT2D eigenvalue weighted by Crippen LogP contribution is 2.26. The summed E-state index contributed by atoms with van der Waals surface area (Å²) in [5, 5.41) is 0. The van der Waals surface area contributed by atoms with E-state index in [1.54, 1.807) is 6.20 Å². The van der Waals surface area contributed by atoms with Gasteiger partial charge in [-0.1, -0.05) is 12.1 Å². The van der Waals surface area contributed by atoms with Crippen LogP contribution in [-0.2, 0) is 0 Å². The van der Waals surface area contributed by atoms with Crippen molar-refractivity contribution in [2.75, 3.05) is 0 Å². The zero-order chi connectivity index (χ0) is 13.1. The van der Waals surface area contributed by atoms with Crippen LogP contribution in [0.15, 0.2) is 36.5 Å². The van der Waals surface area contributed by atoms with Gasteiger partial charge >= 0.3 is 0 Å². The predicted octanol–water partition coefficient (Wildman–Crippen LogP) is 3.51. The summed E-state index contributed by atoms with van der Waals surface area (Å²) in [4.78, 5) is 4.21. The highest BCUT2D eigenvalue weighted by Gasteiger charge is 2.06. The van der Waals surface area contributed by atoms with Crippen molar-refractivity contribution in [3.63, 3.8) is 0 Å². The third kappa shape index (κ3) is 2.68. The first-order valence-corrected chi connectivity index (χ1v) is 6.03. The first kappa shape index (κ1) is 12.6. The van der Waals surface area contributed by atoms with E-state index < -0.39 is 0 Å². The topological polar surface area (TPSA) is 48.1 Å². The maximum Gasteiger partial charge on any atom is 0.219 e. The fourth-order valence-corrected chi connectivity index (χ4v) is 1.71. The molecule has 0 aliphatic rings. The standard InChI is InChI=1S/C15H18N2O/c1-10-5-4-6-14(11(10)2)18-15-9-13(12(3)16)7-8-17-15/h4-9,12H,16H2,1-3H3/t12-/m0/s1. The Balaban J connectivity index is 2.28. The molecule has 94 valence electrons. The molecule has 3 heteroatoms. The van der Waals surface area contributed by atoms with Crippen LogP contribution in [-0.4, -0.2) is 4.98 Å². The molecule has 0 amide bonds. The molecule has 0 unspecified atom stereocenters. The highest BCUT2D eigenvalue weighted by molar-refractivity contribution is 5.40. The smallest absolute Gasteiger partial charge is 0.219 e. The molecule has 0 saturated carbocycles. The van der Waals surface area contributed by atoms with Crippen LogP contribution in [0.1, 0.15) is 29.7 Å². The van der Waals surface area contributed by atoms with Crippen molar-refractivity contribution in [3.8, 4) is 11.6 Å². The summed E-state index contributed by atoms with van der Waals surface area (Å²) < 4.78 is 5.81. The Labute approximate surface area is 108 Å². The number of nitrogens with two attached hydrogens (primary N) is 1. The van der Waals surface area contributed by atoms with Crippen LogP contribution < -0.4 is 10.5 Å². The number of aromatic nitrogens is 1. The van der Waals surface area contributed by atoms with Crippen molar-refractivity contribution >= 4 is 0 Å². The molecule has 1 heterocycles. The fourth-order valence-electron chi connectivity index (χ4n) is 1.71. The van der Waals surface area contributed by atoms with E-state index in [-0.39, 0.29) is 6.04 Å². The monoisotopic (exact) mass is 242 g/mol. The number of hydrogen-bond donors (Lipinski definition) is 1. The van der Waals surface area contributed by atoms with Gasteiger partial charge in [-0.3, -0.25) is 0 Å². The van der Waals surface area contributed by atoms with Gasteiger partial charge in [0.25, 0.3) is 0 Å². The Kier molecular flexibility index (Phi) is 3.63. The molecule has 2 N–H and O–H groups in total. The van der Waals surface area contributed by atoms with Crippen molar-refractivity contribution < 1.29 is 4.74 Å². The summed E-state index contributed by atoms with van der Waals surface area (Å²) in [6.45, 7) is 6.05. The van der Waals surface area contributed by atoms with Crippen molar-refractivity contribution in [2.45, 2.75) is 26.8 Å². The van der Waals surface area contributed by atoms with Crippen LogP contribution in [0.4, 0.5) is 0 Å². The first-order valence-electron chi connectivity index (χ1n) is 6.03. The van der Waals surface area contributed by atoms with Gasteiger partial charge in [0.15, 0.2) is 0 Å². The Morgan fingerprint density at radius 2 is 2.00 bits per heavy atom. The van der Waals surface area contributed by atoms with E-state index in [4.69, 9.17) is 10.5 Å². The van der Waals surface area contributed by atoms with Gasteiger partial charge in [0.2, 0.25) is 5.88 Å². The number of nitrogens with zero attached hydrogens (tertiary/aromatic N) is 1. The van der Waals surface area contributed by atoms with Gasteiger partial charge < -0.3 is 10.5 Å². The van der Waals surface area contributed by atoms with Crippen LogP contribution in [0.3, 0.4) is 0 Å². The molecule has 0 saturated heterocycles. The lowest BCUT2D eigenvalue weighted by Gasteiger charge is -2.11. The van der Waals surface area contributed by atoms with Crippen LogP contribution in [0.25, 0.3) is 0 Å². The van der Waals surface area contributed by atoms with Crippen LogP contribution >= 0.6 is 0 Å². The molecule has 0 radical (unpaired) electrons.